The van der Waals surface area contributed by atoms with Crippen LogP contribution in [-0.2, 0) is 32.2 Å². The zero-order valence-corrected chi connectivity index (χ0v) is 30.8. The summed E-state index contributed by atoms with van der Waals surface area (Å²) < 4.78 is 9.64. The molecule has 0 bridgehead atoms. The van der Waals surface area contributed by atoms with Gasteiger partial charge in [0.15, 0.2) is 6.61 Å². The molecule has 0 aliphatic carbocycles. The highest BCUT2D eigenvalue weighted by atomic mass is 16.6. The number of fused-ring (bicyclic) bond motifs is 1. The minimum absolute atomic E-state index is 0.148. The van der Waals surface area contributed by atoms with Crippen molar-refractivity contribution in [1.29, 1.82) is 0 Å². The Bertz CT molecular complexity index is 2040. The van der Waals surface area contributed by atoms with E-state index >= 15 is 0 Å². The van der Waals surface area contributed by atoms with Gasteiger partial charge in [0.1, 0.15) is 18.2 Å². The summed E-state index contributed by atoms with van der Waals surface area (Å²) in [6.45, 7) is 5.12. The Kier molecular flexibility index (Phi) is 12.8. The third kappa shape index (κ3) is 10.00. The predicted octanol–water partition coefficient (Wildman–Crippen LogP) is 5.82. The number of nitrogens with one attached hydrogen (secondary N) is 3. The van der Waals surface area contributed by atoms with Gasteiger partial charge in [-0.15, -0.1) is 0 Å². The van der Waals surface area contributed by atoms with Gasteiger partial charge in [-0.2, -0.15) is 0 Å². The average Bonchev–Trinajstić information content (AvgIpc) is 3.85. The maximum absolute atomic E-state index is 12.7. The van der Waals surface area contributed by atoms with Crippen molar-refractivity contribution in [2.75, 3.05) is 47.4 Å². The van der Waals surface area contributed by atoms with Crippen molar-refractivity contribution in [2.45, 2.75) is 39.8 Å². The molecule has 0 saturated carbocycles. The lowest BCUT2D eigenvalue weighted by Crippen LogP contribution is -2.40. The van der Waals surface area contributed by atoms with Crippen LogP contribution < -0.4 is 5.32 Å². The van der Waals surface area contributed by atoms with Crippen LogP contribution in [0.15, 0.2) is 73.1 Å². The zero-order valence-electron chi connectivity index (χ0n) is 30.8. The van der Waals surface area contributed by atoms with Crippen molar-refractivity contribution in [2.24, 2.45) is 0 Å². The SMILES string of the molecule is CCCN(Cc1ncc(-c2ccc3cc(-c4ccc(-c5cnc(CN(CCC)C(=O)COC(=O)N(C)C)[nH]5)cc4)ccc3c2)[nH]1)C(=O)CNC(=O)OC. The van der Waals surface area contributed by atoms with Crippen LogP contribution in [0.3, 0.4) is 0 Å². The van der Waals surface area contributed by atoms with Gasteiger partial charge in [0.2, 0.25) is 5.91 Å². The fourth-order valence-electron chi connectivity index (χ4n) is 5.78. The van der Waals surface area contributed by atoms with Gasteiger partial charge in [0.05, 0.1) is 44.0 Å². The van der Waals surface area contributed by atoms with E-state index < -0.39 is 12.2 Å². The first kappa shape index (κ1) is 38.1. The summed E-state index contributed by atoms with van der Waals surface area (Å²) in [5.41, 5.74) is 5.76. The molecule has 2 aromatic heterocycles. The molecule has 14 nitrogen and oxygen atoms in total. The molecule has 0 aliphatic heterocycles. The molecular weight excluding hydrogens is 676 g/mol. The van der Waals surface area contributed by atoms with E-state index in [4.69, 9.17) is 4.74 Å². The smallest absolute Gasteiger partial charge is 0.409 e. The number of imidazole rings is 2. The molecule has 5 rings (SSSR count). The first-order valence-corrected chi connectivity index (χ1v) is 17.5. The Hall–Kier alpha value is -6.18. The molecule has 0 aliphatic rings. The normalized spacial score (nSPS) is 10.9. The van der Waals surface area contributed by atoms with Gasteiger partial charge in [-0.05, 0) is 52.4 Å². The quantitative estimate of drug-likeness (QED) is 0.122. The van der Waals surface area contributed by atoms with Gasteiger partial charge in [-0.3, -0.25) is 9.59 Å². The fraction of sp³-hybridized carbons (Fsp3) is 0.333. The minimum atomic E-state index is -0.650. The molecular formula is C39H46N8O6. The number of hydrogen-bond donors (Lipinski definition) is 3. The highest BCUT2D eigenvalue weighted by molar-refractivity contribution is 5.90. The molecule has 2 heterocycles. The number of rotatable bonds is 15. The van der Waals surface area contributed by atoms with Gasteiger partial charge in [-0.1, -0.05) is 62.4 Å². The Morgan fingerprint density at radius 1 is 0.698 bits per heavy atom. The van der Waals surface area contributed by atoms with Crippen LogP contribution in [0.1, 0.15) is 38.3 Å². The second kappa shape index (κ2) is 17.8. The van der Waals surface area contributed by atoms with E-state index in [1.807, 2.05) is 32.0 Å². The number of alkyl carbamates (subject to hydrolysis) is 1. The third-order valence-electron chi connectivity index (χ3n) is 8.56. The summed E-state index contributed by atoms with van der Waals surface area (Å²) in [7, 11) is 4.39. The molecule has 278 valence electrons. The van der Waals surface area contributed by atoms with Crippen molar-refractivity contribution in [1.82, 2.24) is 40.0 Å². The van der Waals surface area contributed by atoms with Crippen molar-refractivity contribution in [3.63, 3.8) is 0 Å². The maximum atomic E-state index is 12.7. The molecule has 0 unspecified atom stereocenters. The molecule has 53 heavy (non-hydrogen) atoms. The van der Waals surface area contributed by atoms with Crippen LogP contribution in [0, 0.1) is 0 Å². The average molecular weight is 723 g/mol. The molecule has 5 aromatic rings. The summed E-state index contributed by atoms with van der Waals surface area (Å²) in [6.07, 6.45) is 3.84. The second-order valence-corrected chi connectivity index (χ2v) is 12.8. The van der Waals surface area contributed by atoms with E-state index in [-0.39, 0.29) is 31.5 Å². The third-order valence-corrected chi connectivity index (χ3v) is 8.56. The van der Waals surface area contributed by atoms with Gasteiger partial charge in [-0.25, -0.2) is 19.6 Å². The number of carbonyl (C=O) groups is 4. The van der Waals surface area contributed by atoms with E-state index in [1.165, 1.54) is 12.0 Å². The van der Waals surface area contributed by atoms with Gasteiger partial charge >= 0.3 is 12.2 Å². The Labute approximate surface area is 308 Å². The number of H-pyrrole nitrogens is 2. The highest BCUT2D eigenvalue weighted by Gasteiger charge is 2.19. The van der Waals surface area contributed by atoms with Gasteiger partial charge in [0.25, 0.3) is 5.91 Å². The number of methoxy groups -OCH3 is 1. The maximum Gasteiger partial charge on any atom is 0.409 e. The first-order chi connectivity index (χ1) is 25.6. The number of aromatic nitrogens is 4. The molecule has 4 amide bonds. The van der Waals surface area contributed by atoms with Gasteiger partial charge in [0, 0.05) is 32.7 Å². The van der Waals surface area contributed by atoms with Crippen molar-refractivity contribution in [3.8, 4) is 33.6 Å². The number of hydrogen-bond acceptors (Lipinski definition) is 8. The summed E-state index contributed by atoms with van der Waals surface area (Å²) >= 11 is 0. The molecule has 0 saturated heterocycles. The monoisotopic (exact) mass is 722 g/mol. The minimum Gasteiger partial charge on any atom is -0.453 e. The van der Waals surface area contributed by atoms with Crippen LogP contribution in [0.25, 0.3) is 44.4 Å². The zero-order chi connectivity index (χ0) is 37.9. The Morgan fingerprint density at radius 3 is 1.77 bits per heavy atom. The molecule has 14 heteroatoms. The lowest BCUT2D eigenvalue weighted by atomic mass is 9.98. The van der Waals surface area contributed by atoms with Gasteiger partial charge < -0.3 is 39.5 Å². The van der Waals surface area contributed by atoms with Crippen LogP contribution in [-0.4, -0.2) is 106 Å². The Morgan fingerprint density at radius 2 is 1.21 bits per heavy atom. The summed E-state index contributed by atoms with van der Waals surface area (Å²) in [6, 6.07) is 20.8. The molecule has 0 fully saturated rings. The Balaban J connectivity index is 1.22. The van der Waals surface area contributed by atoms with Crippen molar-refractivity contribution >= 4 is 34.8 Å². The van der Waals surface area contributed by atoms with Crippen LogP contribution in [0.4, 0.5) is 9.59 Å². The lowest BCUT2D eigenvalue weighted by Gasteiger charge is -2.21. The summed E-state index contributed by atoms with van der Waals surface area (Å²) in [4.78, 5) is 68.9. The second-order valence-electron chi connectivity index (χ2n) is 12.8. The molecule has 0 radical (unpaired) electrons. The van der Waals surface area contributed by atoms with E-state index in [1.54, 1.807) is 36.3 Å². The van der Waals surface area contributed by atoms with Crippen LogP contribution >= 0.6 is 0 Å². The standard InChI is InChI=1S/C39H46N8O6/c1-6-16-46(36(48)22-42-38(50)52-5)23-34-41-21-33(44-34)31-15-14-29-18-28(12-13-30(29)19-31)26-8-10-27(11-9-26)32-20-40-35(43-32)24-47(17-7-2)37(49)25-53-39(51)45(3)4/h8-15,18-21H,6-7,16-17,22-25H2,1-5H3,(H,40,43)(H,41,44)(H,42,50). The number of aromatic amines is 2. The molecule has 3 aromatic carbocycles. The first-order valence-electron chi connectivity index (χ1n) is 17.5. The number of carbonyl (C=O) groups excluding carboxylic acids is 4. The van der Waals surface area contributed by atoms with Crippen LogP contribution in [0.5, 0.6) is 0 Å². The van der Waals surface area contributed by atoms with Crippen molar-refractivity contribution in [3.05, 3.63) is 84.7 Å². The van der Waals surface area contributed by atoms with E-state index in [2.05, 4.69) is 72.5 Å². The van der Waals surface area contributed by atoms with E-state index in [0.717, 1.165) is 57.3 Å². The van der Waals surface area contributed by atoms with E-state index in [0.29, 0.717) is 31.3 Å². The topological polar surface area (TPSA) is 166 Å². The fourth-order valence-corrected chi connectivity index (χ4v) is 5.78. The van der Waals surface area contributed by atoms with Crippen LogP contribution in [0.2, 0.25) is 0 Å². The molecule has 0 atom stereocenters. The number of benzene rings is 3. The summed E-state index contributed by atoms with van der Waals surface area (Å²) in [5.74, 6) is 0.797. The number of nitrogens with zero attached hydrogens (tertiary/aromatic N) is 5. The number of ether oxygens (including phenoxy) is 2. The molecule has 0 spiro atoms. The lowest BCUT2D eigenvalue weighted by molar-refractivity contribution is -0.135. The number of amides is 4. The van der Waals surface area contributed by atoms with E-state index in [9.17, 15) is 19.2 Å². The highest BCUT2D eigenvalue weighted by Crippen LogP contribution is 2.29. The largest absolute Gasteiger partial charge is 0.453 e. The molecule has 3 N–H and O–H groups in total. The summed E-state index contributed by atoms with van der Waals surface area (Å²) in [5, 5.41) is 4.61. The van der Waals surface area contributed by atoms with Crippen molar-refractivity contribution < 1.29 is 28.7 Å². The predicted molar refractivity (Wildman–Crippen MR) is 201 cm³/mol.